The van der Waals surface area contributed by atoms with E-state index in [-0.39, 0.29) is 11.4 Å². The molecule has 0 saturated heterocycles. The van der Waals surface area contributed by atoms with Crippen LogP contribution in [0.5, 0.6) is 0 Å². The number of imidazole rings is 1. The molecule has 0 aliphatic heterocycles. The smallest absolute Gasteiger partial charge is 0.354 e. The number of ether oxygens (including phenoxy) is 1. The fraction of sp³-hybridized carbons (Fsp3) is 0.214. The van der Waals surface area contributed by atoms with Crippen molar-refractivity contribution in [1.82, 2.24) is 9.97 Å². The van der Waals surface area contributed by atoms with Crippen LogP contribution >= 0.6 is 0 Å². The molecule has 0 aliphatic rings. The summed E-state index contributed by atoms with van der Waals surface area (Å²) >= 11 is 0. The number of hydrogen-bond donors (Lipinski definition) is 3. The van der Waals surface area contributed by atoms with Crippen molar-refractivity contribution >= 4 is 17.6 Å². The number of aromatic carboxylic acids is 1. The van der Waals surface area contributed by atoms with Crippen LogP contribution in [-0.4, -0.2) is 33.6 Å². The minimum atomic E-state index is -1.24. The summed E-state index contributed by atoms with van der Waals surface area (Å²) in [7, 11) is 0. The highest BCUT2D eigenvalue weighted by Crippen LogP contribution is 2.17. The van der Waals surface area contributed by atoms with Crippen molar-refractivity contribution in [2.75, 3.05) is 11.9 Å². The van der Waals surface area contributed by atoms with Gasteiger partial charge >= 0.3 is 5.97 Å². The molecule has 1 aromatic heterocycles. The second kappa shape index (κ2) is 6.67. The summed E-state index contributed by atoms with van der Waals surface area (Å²) in [6, 6.07) is 7.15. The van der Waals surface area contributed by atoms with Gasteiger partial charge in [0.25, 0.3) is 5.91 Å². The standard InChI is InChI=1S/C14H15N3O4/c1-2-21-7-9-5-3-4-6-10(9)17-13(18)11-12(14(19)20)16-8-15-11/h3-6,8H,2,7H2,1H3,(H,15,16)(H,17,18)(H,19,20). The first-order valence-electron chi connectivity index (χ1n) is 6.37. The minimum absolute atomic E-state index is 0.159. The van der Waals surface area contributed by atoms with Crippen molar-refractivity contribution in [3.8, 4) is 0 Å². The topological polar surface area (TPSA) is 104 Å². The number of anilines is 1. The number of aromatic nitrogens is 2. The quantitative estimate of drug-likeness (QED) is 0.753. The lowest BCUT2D eigenvalue weighted by Crippen LogP contribution is -2.17. The van der Waals surface area contributed by atoms with Gasteiger partial charge in [0.05, 0.1) is 12.9 Å². The summed E-state index contributed by atoms with van der Waals surface area (Å²) < 4.78 is 5.33. The van der Waals surface area contributed by atoms with Gasteiger partial charge in [0.1, 0.15) is 0 Å². The number of H-pyrrole nitrogens is 1. The third-order valence-electron chi connectivity index (χ3n) is 2.80. The molecule has 1 amide bonds. The van der Waals surface area contributed by atoms with Gasteiger partial charge < -0.3 is 20.1 Å². The number of carboxylic acid groups (broad SMARTS) is 1. The zero-order valence-corrected chi connectivity index (χ0v) is 11.4. The second-order valence-corrected chi connectivity index (χ2v) is 4.18. The Hall–Kier alpha value is -2.67. The molecular weight excluding hydrogens is 274 g/mol. The van der Waals surface area contributed by atoms with Crippen LogP contribution in [0, 0.1) is 0 Å². The number of nitrogens with one attached hydrogen (secondary N) is 2. The average Bonchev–Trinajstić information content (AvgIpc) is 2.96. The minimum Gasteiger partial charge on any atom is -0.477 e. The summed E-state index contributed by atoms with van der Waals surface area (Å²) in [5.74, 6) is -1.82. The molecule has 21 heavy (non-hydrogen) atoms. The molecule has 0 fully saturated rings. The first-order valence-corrected chi connectivity index (χ1v) is 6.37. The number of nitrogens with zero attached hydrogens (tertiary/aromatic N) is 1. The van der Waals surface area contributed by atoms with E-state index < -0.39 is 11.9 Å². The van der Waals surface area contributed by atoms with Crippen LogP contribution in [0.1, 0.15) is 33.5 Å². The van der Waals surface area contributed by atoms with Gasteiger partial charge in [-0.15, -0.1) is 0 Å². The molecule has 0 saturated carbocycles. The number of rotatable bonds is 6. The van der Waals surface area contributed by atoms with Crippen LogP contribution in [0.15, 0.2) is 30.6 Å². The van der Waals surface area contributed by atoms with Crippen LogP contribution in [-0.2, 0) is 11.3 Å². The highest BCUT2D eigenvalue weighted by atomic mass is 16.5. The Labute approximate surface area is 121 Å². The van der Waals surface area contributed by atoms with E-state index in [2.05, 4.69) is 15.3 Å². The summed E-state index contributed by atoms with van der Waals surface area (Å²) in [5, 5.41) is 11.6. The molecule has 1 aromatic carbocycles. The van der Waals surface area contributed by atoms with E-state index >= 15 is 0 Å². The van der Waals surface area contributed by atoms with E-state index in [1.54, 1.807) is 12.1 Å². The largest absolute Gasteiger partial charge is 0.477 e. The van der Waals surface area contributed by atoms with E-state index in [1.165, 1.54) is 6.33 Å². The molecule has 0 spiro atoms. The second-order valence-electron chi connectivity index (χ2n) is 4.18. The Morgan fingerprint density at radius 3 is 2.86 bits per heavy atom. The monoisotopic (exact) mass is 289 g/mol. The Bertz CT molecular complexity index is 651. The van der Waals surface area contributed by atoms with Crippen LogP contribution in [0.3, 0.4) is 0 Å². The molecule has 0 unspecified atom stereocenters. The van der Waals surface area contributed by atoms with E-state index in [4.69, 9.17) is 9.84 Å². The lowest BCUT2D eigenvalue weighted by atomic mass is 10.2. The third kappa shape index (κ3) is 3.46. The zero-order valence-electron chi connectivity index (χ0n) is 11.4. The van der Waals surface area contributed by atoms with E-state index in [1.807, 2.05) is 19.1 Å². The summed E-state index contributed by atoms with van der Waals surface area (Å²) in [6.07, 6.45) is 1.17. The van der Waals surface area contributed by atoms with E-state index in [9.17, 15) is 9.59 Å². The molecule has 0 bridgehead atoms. The Kier molecular flexibility index (Phi) is 4.68. The Balaban J connectivity index is 2.20. The molecule has 7 heteroatoms. The number of benzene rings is 1. The number of carbonyl (C=O) groups excluding carboxylic acids is 1. The fourth-order valence-corrected chi connectivity index (χ4v) is 1.79. The first-order chi connectivity index (χ1) is 10.1. The van der Waals surface area contributed by atoms with Crippen molar-refractivity contribution < 1.29 is 19.4 Å². The van der Waals surface area contributed by atoms with Crippen molar-refractivity contribution in [2.24, 2.45) is 0 Å². The van der Waals surface area contributed by atoms with Gasteiger partial charge in [-0.1, -0.05) is 18.2 Å². The number of hydrogen-bond acceptors (Lipinski definition) is 4. The van der Waals surface area contributed by atoms with Gasteiger partial charge in [-0.3, -0.25) is 4.79 Å². The SMILES string of the molecule is CCOCc1ccccc1NC(=O)c1nc[nH]c1C(=O)O. The third-order valence-corrected chi connectivity index (χ3v) is 2.80. The highest BCUT2D eigenvalue weighted by Gasteiger charge is 2.20. The van der Waals surface area contributed by atoms with Crippen molar-refractivity contribution in [2.45, 2.75) is 13.5 Å². The van der Waals surface area contributed by atoms with Crippen LogP contribution in [0.25, 0.3) is 0 Å². The molecule has 0 aliphatic carbocycles. The van der Waals surface area contributed by atoms with Gasteiger partial charge in [0.2, 0.25) is 0 Å². The summed E-state index contributed by atoms with van der Waals surface area (Å²) in [5.41, 5.74) is 0.971. The molecule has 110 valence electrons. The van der Waals surface area contributed by atoms with Crippen LogP contribution < -0.4 is 5.32 Å². The fourth-order valence-electron chi connectivity index (χ4n) is 1.79. The van der Waals surface area contributed by atoms with Gasteiger partial charge in [-0.05, 0) is 13.0 Å². The first kappa shape index (κ1) is 14.7. The number of aromatic amines is 1. The predicted molar refractivity (Wildman–Crippen MR) is 75.3 cm³/mol. The number of amides is 1. The van der Waals surface area contributed by atoms with Gasteiger partial charge in [-0.25, -0.2) is 9.78 Å². The van der Waals surface area contributed by atoms with Gasteiger partial charge in [0, 0.05) is 17.9 Å². The Morgan fingerprint density at radius 2 is 2.14 bits per heavy atom. The maximum absolute atomic E-state index is 12.1. The van der Waals surface area contributed by atoms with E-state index in [0.29, 0.717) is 18.9 Å². The average molecular weight is 289 g/mol. The summed E-state index contributed by atoms with van der Waals surface area (Å²) in [6.45, 7) is 2.80. The van der Waals surface area contributed by atoms with Crippen molar-refractivity contribution in [1.29, 1.82) is 0 Å². The number of para-hydroxylation sites is 1. The molecule has 1 heterocycles. The van der Waals surface area contributed by atoms with Crippen molar-refractivity contribution in [3.63, 3.8) is 0 Å². The number of carbonyl (C=O) groups is 2. The van der Waals surface area contributed by atoms with Gasteiger partial charge in [-0.2, -0.15) is 0 Å². The molecule has 7 nitrogen and oxygen atoms in total. The van der Waals surface area contributed by atoms with E-state index in [0.717, 1.165) is 5.56 Å². The molecule has 0 atom stereocenters. The lowest BCUT2D eigenvalue weighted by molar-refractivity contribution is 0.0686. The normalized spacial score (nSPS) is 10.3. The molecular formula is C14H15N3O4. The van der Waals surface area contributed by atoms with Crippen molar-refractivity contribution in [3.05, 3.63) is 47.5 Å². The highest BCUT2D eigenvalue weighted by molar-refractivity contribution is 6.08. The van der Waals surface area contributed by atoms with Crippen LogP contribution in [0.2, 0.25) is 0 Å². The zero-order chi connectivity index (χ0) is 15.2. The molecule has 3 N–H and O–H groups in total. The molecule has 2 aromatic rings. The van der Waals surface area contributed by atoms with Gasteiger partial charge in [0.15, 0.2) is 11.4 Å². The lowest BCUT2D eigenvalue weighted by Gasteiger charge is -2.10. The number of carboxylic acids is 1. The Morgan fingerprint density at radius 1 is 1.38 bits per heavy atom. The van der Waals surface area contributed by atoms with Crippen LogP contribution in [0.4, 0.5) is 5.69 Å². The maximum Gasteiger partial charge on any atom is 0.354 e. The molecule has 0 radical (unpaired) electrons. The maximum atomic E-state index is 12.1. The summed E-state index contributed by atoms with van der Waals surface area (Å²) in [4.78, 5) is 29.3. The molecule has 2 rings (SSSR count). The predicted octanol–water partition coefficient (Wildman–Crippen LogP) is 1.90.